The number of likely N-dealkylation sites (N-methyl/N-ethyl adjacent to an activating group) is 1. The molecule has 0 bridgehead atoms. The van der Waals surface area contributed by atoms with Crippen LogP contribution < -0.4 is 26.0 Å². The minimum absolute atomic E-state index is 0.0162. The van der Waals surface area contributed by atoms with Gasteiger partial charge in [-0.3, -0.25) is 19.7 Å². The van der Waals surface area contributed by atoms with Gasteiger partial charge in [0.15, 0.2) is 0 Å². The number of benzene rings is 2. The lowest BCUT2D eigenvalue weighted by atomic mass is 10.00. The monoisotopic (exact) mass is 556 g/mol. The molecule has 40 heavy (non-hydrogen) atoms. The van der Waals surface area contributed by atoms with Crippen molar-refractivity contribution in [1.82, 2.24) is 21.3 Å². The van der Waals surface area contributed by atoms with Gasteiger partial charge in [0.2, 0.25) is 11.8 Å². The van der Waals surface area contributed by atoms with Crippen molar-refractivity contribution in [1.29, 1.82) is 0 Å². The highest BCUT2D eigenvalue weighted by atomic mass is 16.5. The van der Waals surface area contributed by atoms with Gasteiger partial charge in [0.1, 0.15) is 24.4 Å². The third-order valence-electron chi connectivity index (χ3n) is 6.12. The van der Waals surface area contributed by atoms with E-state index in [1.807, 2.05) is 56.3 Å². The van der Waals surface area contributed by atoms with Gasteiger partial charge in [0.05, 0.1) is 13.2 Å². The maximum absolute atomic E-state index is 13.3. The van der Waals surface area contributed by atoms with Crippen molar-refractivity contribution in [2.45, 2.75) is 57.8 Å². The largest absolute Gasteiger partial charge is 0.497 e. The molecule has 0 aromatic heterocycles. The first-order chi connectivity index (χ1) is 19.1. The third-order valence-corrected chi connectivity index (χ3v) is 6.12. The van der Waals surface area contributed by atoms with Crippen molar-refractivity contribution in [3.05, 3.63) is 65.7 Å². The maximum atomic E-state index is 13.3. The zero-order chi connectivity index (χ0) is 29.5. The van der Waals surface area contributed by atoms with Crippen LogP contribution in [0.2, 0.25) is 0 Å². The van der Waals surface area contributed by atoms with Crippen LogP contribution in [0.15, 0.2) is 54.6 Å². The number of nitrogens with one attached hydrogen (secondary N) is 4. The van der Waals surface area contributed by atoms with Gasteiger partial charge in [0, 0.05) is 20.0 Å². The Balaban J connectivity index is 2.00. The van der Waals surface area contributed by atoms with Crippen LogP contribution in [0.25, 0.3) is 0 Å². The van der Waals surface area contributed by atoms with Crippen molar-refractivity contribution >= 4 is 23.9 Å². The molecule has 0 aliphatic heterocycles. The minimum Gasteiger partial charge on any atom is -0.497 e. The van der Waals surface area contributed by atoms with E-state index < -0.39 is 36.1 Å². The van der Waals surface area contributed by atoms with E-state index in [-0.39, 0.29) is 37.8 Å². The lowest BCUT2D eigenvalue weighted by molar-refractivity contribution is -0.140. The average Bonchev–Trinajstić information content (AvgIpc) is 2.94. The van der Waals surface area contributed by atoms with Crippen molar-refractivity contribution in [2.24, 2.45) is 5.92 Å². The molecule has 11 nitrogen and oxygen atoms in total. The summed E-state index contributed by atoms with van der Waals surface area (Å²) in [6.07, 6.45) is -0.0780. The minimum atomic E-state index is -1.16. The summed E-state index contributed by atoms with van der Waals surface area (Å²) in [6, 6.07) is 13.4. The van der Waals surface area contributed by atoms with E-state index in [0.717, 1.165) is 11.1 Å². The van der Waals surface area contributed by atoms with E-state index in [1.165, 1.54) is 7.05 Å². The Kier molecular flexibility index (Phi) is 13.4. The Morgan fingerprint density at radius 3 is 2.12 bits per heavy atom. The molecule has 2 aromatic carbocycles. The summed E-state index contributed by atoms with van der Waals surface area (Å²) in [5.74, 6) is -1.30. The summed E-state index contributed by atoms with van der Waals surface area (Å²) < 4.78 is 10.3. The number of amides is 3. The van der Waals surface area contributed by atoms with E-state index in [1.54, 1.807) is 19.2 Å². The predicted molar refractivity (Wildman–Crippen MR) is 150 cm³/mol. The molecule has 0 spiro atoms. The number of ether oxygens (including phenoxy) is 2. The van der Waals surface area contributed by atoms with Crippen LogP contribution in [0, 0.1) is 5.92 Å². The topological polar surface area (TPSA) is 155 Å². The zero-order valence-corrected chi connectivity index (χ0v) is 23.4. The van der Waals surface area contributed by atoms with E-state index in [2.05, 4.69) is 21.3 Å². The summed E-state index contributed by atoms with van der Waals surface area (Å²) in [4.78, 5) is 49.9. The summed E-state index contributed by atoms with van der Waals surface area (Å²) in [5, 5.41) is 20.6. The summed E-state index contributed by atoms with van der Waals surface area (Å²) in [6.45, 7) is 3.93. The lowest BCUT2D eigenvalue weighted by Crippen LogP contribution is -2.56. The van der Waals surface area contributed by atoms with Crippen LogP contribution in [-0.4, -0.2) is 67.8 Å². The average molecular weight is 557 g/mol. The second kappa shape index (κ2) is 16.8. The van der Waals surface area contributed by atoms with Gasteiger partial charge in [-0.2, -0.15) is 0 Å². The molecule has 11 heteroatoms. The van der Waals surface area contributed by atoms with Gasteiger partial charge in [0.25, 0.3) is 0 Å². The molecule has 3 atom stereocenters. The number of hydrogen-bond donors (Lipinski definition) is 5. The van der Waals surface area contributed by atoms with Crippen molar-refractivity contribution in [3.8, 4) is 5.75 Å². The fraction of sp³-hybridized carbons (Fsp3) is 0.448. The third kappa shape index (κ3) is 11.3. The van der Waals surface area contributed by atoms with Crippen LogP contribution in [-0.2, 0) is 32.1 Å². The number of carbonyl (C=O) groups is 4. The molecule has 3 amide bonds. The van der Waals surface area contributed by atoms with Crippen molar-refractivity contribution in [3.63, 3.8) is 0 Å². The van der Waals surface area contributed by atoms with Gasteiger partial charge in [-0.1, -0.05) is 56.3 Å². The van der Waals surface area contributed by atoms with Gasteiger partial charge in [-0.25, -0.2) is 4.79 Å². The molecule has 0 saturated carbocycles. The number of carbonyl (C=O) groups excluding carboxylic acids is 3. The molecule has 0 aliphatic carbocycles. The lowest BCUT2D eigenvalue weighted by Gasteiger charge is -2.26. The van der Waals surface area contributed by atoms with Crippen molar-refractivity contribution in [2.75, 3.05) is 20.7 Å². The second-order valence-corrected chi connectivity index (χ2v) is 9.74. The molecule has 0 radical (unpaired) electrons. The first-order valence-electron chi connectivity index (χ1n) is 13.2. The Labute approximate surface area is 235 Å². The standard InChI is InChI=1S/C29H40N4O7/c1-19(2)16-24(27(35)33-25(26(34)30-3)17-20-10-12-22(39-4)13-11-20)32-23(28(36)37)14-15-31-29(38)40-18-21-8-6-5-7-9-21/h5-13,19,23-25,32H,14-18H2,1-4H3,(H,30,34)(H,31,38)(H,33,35)(H,36,37)/t23-,24+,25+/m1/s1. The van der Waals surface area contributed by atoms with E-state index in [4.69, 9.17) is 9.47 Å². The number of carboxylic acid groups (broad SMARTS) is 1. The fourth-order valence-corrected chi connectivity index (χ4v) is 3.99. The Morgan fingerprint density at radius 2 is 1.55 bits per heavy atom. The van der Waals surface area contributed by atoms with Crippen LogP contribution in [0.5, 0.6) is 5.75 Å². The zero-order valence-electron chi connectivity index (χ0n) is 23.4. The highest BCUT2D eigenvalue weighted by Crippen LogP contribution is 2.14. The molecule has 2 rings (SSSR count). The van der Waals surface area contributed by atoms with Crippen LogP contribution in [0.3, 0.4) is 0 Å². The number of hydrogen-bond acceptors (Lipinski definition) is 7. The first-order valence-corrected chi connectivity index (χ1v) is 13.2. The molecular weight excluding hydrogens is 516 g/mol. The second-order valence-electron chi connectivity index (χ2n) is 9.74. The number of aliphatic carboxylic acids is 1. The Hall–Kier alpha value is -4.12. The van der Waals surface area contributed by atoms with Gasteiger partial charge in [-0.05, 0) is 42.0 Å². The van der Waals surface area contributed by atoms with Crippen LogP contribution >= 0.6 is 0 Å². The predicted octanol–water partition coefficient (Wildman–Crippen LogP) is 2.24. The van der Waals surface area contributed by atoms with Crippen LogP contribution in [0.4, 0.5) is 4.79 Å². The quantitative estimate of drug-likeness (QED) is 0.211. The molecule has 0 aliphatic rings. The molecule has 5 N–H and O–H groups in total. The highest BCUT2D eigenvalue weighted by molar-refractivity contribution is 5.90. The van der Waals surface area contributed by atoms with Gasteiger partial charge >= 0.3 is 12.1 Å². The normalized spacial score (nSPS) is 13.0. The van der Waals surface area contributed by atoms with E-state index in [9.17, 15) is 24.3 Å². The molecule has 0 fully saturated rings. The van der Waals surface area contributed by atoms with Crippen LogP contribution in [0.1, 0.15) is 37.8 Å². The molecule has 2 aromatic rings. The maximum Gasteiger partial charge on any atom is 0.407 e. The summed E-state index contributed by atoms with van der Waals surface area (Å²) >= 11 is 0. The molecule has 218 valence electrons. The fourth-order valence-electron chi connectivity index (χ4n) is 3.99. The number of rotatable bonds is 16. The van der Waals surface area contributed by atoms with Gasteiger partial charge < -0.3 is 30.5 Å². The van der Waals surface area contributed by atoms with E-state index >= 15 is 0 Å². The number of carboxylic acids is 1. The smallest absolute Gasteiger partial charge is 0.407 e. The Morgan fingerprint density at radius 1 is 0.875 bits per heavy atom. The number of alkyl carbamates (subject to hydrolysis) is 1. The highest BCUT2D eigenvalue weighted by Gasteiger charge is 2.30. The SMILES string of the molecule is CNC(=O)[C@H](Cc1ccc(OC)cc1)NC(=O)[C@H](CC(C)C)N[C@H](CCNC(=O)OCc1ccccc1)C(=O)O. The Bertz CT molecular complexity index is 1090. The summed E-state index contributed by atoms with van der Waals surface area (Å²) in [5.41, 5.74) is 1.64. The van der Waals surface area contributed by atoms with Crippen molar-refractivity contribution < 1.29 is 33.8 Å². The molecule has 0 heterocycles. The molecule has 0 saturated heterocycles. The first kappa shape index (κ1) is 32.1. The van der Waals surface area contributed by atoms with E-state index in [0.29, 0.717) is 12.2 Å². The summed E-state index contributed by atoms with van der Waals surface area (Å²) in [7, 11) is 3.04. The number of methoxy groups -OCH3 is 1. The molecular formula is C29H40N4O7. The van der Waals surface area contributed by atoms with Gasteiger partial charge in [-0.15, -0.1) is 0 Å². The molecule has 0 unspecified atom stereocenters.